The predicted octanol–water partition coefficient (Wildman–Crippen LogP) is 1.61. The van der Waals surface area contributed by atoms with Gasteiger partial charge in [-0.2, -0.15) is 0 Å². The van der Waals surface area contributed by atoms with Crippen molar-refractivity contribution in [2.75, 3.05) is 18.5 Å². The second-order valence-electron chi connectivity index (χ2n) is 5.36. The Balaban J connectivity index is 2.03. The Hall–Kier alpha value is -2.08. The van der Waals surface area contributed by atoms with E-state index >= 15 is 0 Å². The first-order valence-corrected chi connectivity index (χ1v) is 7.02. The summed E-state index contributed by atoms with van der Waals surface area (Å²) in [6, 6.07) is 6.70. The average molecular weight is 292 g/mol. The predicted molar refractivity (Wildman–Crippen MR) is 78.2 cm³/mol. The molecule has 0 saturated heterocycles. The number of carbonyl (C=O) groups is 2. The van der Waals surface area contributed by atoms with Gasteiger partial charge in [-0.25, -0.2) is 4.79 Å². The fourth-order valence-corrected chi connectivity index (χ4v) is 2.65. The molecule has 0 unspecified atom stereocenters. The van der Waals surface area contributed by atoms with E-state index in [1.54, 1.807) is 24.3 Å². The van der Waals surface area contributed by atoms with Crippen LogP contribution >= 0.6 is 0 Å². The molecule has 1 saturated carbocycles. The molecule has 6 nitrogen and oxygen atoms in total. The molecule has 1 amide bonds. The number of nitrogens with two attached hydrogens (primary N) is 1. The largest absolute Gasteiger partial charge is 0.482 e. The zero-order valence-electron chi connectivity index (χ0n) is 11.8. The van der Waals surface area contributed by atoms with Gasteiger partial charge in [0.15, 0.2) is 6.61 Å². The van der Waals surface area contributed by atoms with E-state index in [2.05, 4.69) is 5.32 Å². The quantitative estimate of drug-likeness (QED) is 0.739. The highest BCUT2D eigenvalue weighted by molar-refractivity contribution is 5.95. The van der Waals surface area contributed by atoms with Crippen molar-refractivity contribution >= 4 is 17.6 Å². The molecule has 1 aliphatic carbocycles. The highest BCUT2D eigenvalue weighted by atomic mass is 16.5. The van der Waals surface area contributed by atoms with E-state index in [9.17, 15) is 9.59 Å². The van der Waals surface area contributed by atoms with Crippen LogP contribution in [0, 0.1) is 5.41 Å². The van der Waals surface area contributed by atoms with Gasteiger partial charge in [0, 0.05) is 18.3 Å². The first kappa shape index (κ1) is 15.3. The van der Waals surface area contributed by atoms with Crippen molar-refractivity contribution in [1.29, 1.82) is 0 Å². The summed E-state index contributed by atoms with van der Waals surface area (Å²) in [5.74, 6) is -0.709. The third-order valence-electron chi connectivity index (χ3n) is 3.89. The molecule has 0 aliphatic heterocycles. The van der Waals surface area contributed by atoms with Gasteiger partial charge in [-0.15, -0.1) is 0 Å². The van der Waals surface area contributed by atoms with E-state index in [-0.39, 0.29) is 5.91 Å². The Morgan fingerprint density at radius 1 is 1.33 bits per heavy atom. The number of carboxylic acids is 1. The van der Waals surface area contributed by atoms with Crippen LogP contribution in [0.15, 0.2) is 24.3 Å². The van der Waals surface area contributed by atoms with Crippen LogP contribution < -0.4 is 15.8 Å². The van der Waals surface area contributed by atoms with Crippen molar-refractivity contribution in [3.63, 3.8) is 0 Å². The van der Waals surface area contributed by atoms with Crippen LogP contribution in [-0.2, 0) is 9.59 Å². The van der Waals surface area contributed by atoms with Gasteiger partial charge < -0.3 is 20.9 Å². The molecule has 0 atom stereocenters. The Kier molecular flexibility index (Phi) is 4.80. The lowest BCUT2D eigenvalue weighted by Gasteiger charge is -2.25. The Morgan fingerprint density at radius 3 is 2.67 bits per heavy atom. The number of nitrogens with one attached hydrogen (secondary N) is 1. The lowest BCUT2D eigenvalue weighted by molar-refractivity contribution is -0.139. The molecule has 1 aromatic carbocycles. The number of hydrogen-bond acceptors (Lipinski definition) is 4. The zero-order valence-corrected chi connectivity index (χ0v) is 11.8. The third kappa shape index (κ3) is 3.72. The molecule has 4 N–H and O–H groups in total. The molecule has 0 bridgehead atoms. The van der Waals surface area contributed by atoms with Crippen molar-refractivity contribution in [2.24, 2.45) is 11.1 Å². The molecular formula is C15H20N2O4. The lowest BCUT2D eigenvalue weighted by atomic mass is 9.85. The van der Waals surface area contributed by atoms with Gasteiger partial charge in [0.1, 0.15) is 5.75 Å². The van der Waals surface area contributed by atoms with Gasteiger partial charge in [-0.3, -0.25) is 4.79 Å². The summed E-state index contributed by atoms with van der Waals surface area (Å²) in [6.45, 7) is -0.0713. The molecule has 0 spiro atoms. The average Bonchev–Trinajstić information content (AvgIpc) is 2.96. The third-order valence-corrected chi connectivity index (χ3v) is 3.89. The zero-order chi connectivity index (χ0) is 15.3. The van der Waals surface area contributed by atoms with E-state index in [4.69, 9.17) is 15.6 Å². The van der Waals surface area contributed by atoms with Crippen molar-refractivity contribution < 1.29 is 19.4 Å². The number of carboxylic acid groups (broad SMARTS) is 1. The van der Waals surface area contributed by atoms with Crippen LogP contribution in [0.5, 0.6) is 5.75 Å². The first-order valence-electron chi connectivity index (χ1n) is 7.02. The van der Waals surface area contributed by atoms with Crippen LogP contribution in [0.25, 0.3) is 0 Å². The Bertz CT molecular complexity index is 524. The fourth-order valence-electron chi connectivity index (χ4n) is 2.65. The number of benzene rings is 1. The molecular weight excluding hydrogens is 272 g/mol. The minimum Gasteiger partial charge on any atom is -0.482 e. The SMILES string of the molecule is NCC1(C(=O)Nc2cccc(OCC(=O)O)c2)CCCC1. The van der Waals surface area contributed by atoms with E-state index in [0.29, 0.717) is 18.0 Å². The maximum Gasteiger partial charge on any atom is 0.341 e. The van der Waals surface area contributed by atoms with Crippen molar-refractivity contribution in [2.45, 2.75) is 25.7 Å². The van der Waals surface area contributed by atoms with Gasteiger partial charge in [-0.1, -0.05) is 18.9 Å². The van der Waals surface area contributed by atoms with Crippen LogP contribution in [0.2, 0.25) is 0 Å². The number of ether oxygens (including phenoxy) is 1. The van der Waals surface area contributed by atoms with E-state index in [0.717, 1.165) is 25.7 Å². The van der Waals surface area contributed by atoms with E-state index in [1.807, 2.05) is 0 Å². The summed E-state index contributed by atoms with van der Waals surface area (Å²) in [5, 5.41) is 11.4. The van der Waals surface area contributed by atoms with Crippen LogP contribution in [0.3, 0.4) is 0 Å². The van der Waals surface area contributed by atoms with Crippen molar-refractivity contribution in [1.82, 2.24) is 0 Å². The number of hydrogen-bond donors (Lipinski definition) is 3. The Labute approximate surface area is 123 Å². The number of rotatable bonds is 6. The number of amides is 1. The molecule has 1 aromatic rings. The highest BCUT2D eigenvalue weighted by Gasteiger charge is 2.39. The summed E-state index contributed by atoms with van der Waals surface area (Å²) in [4.78, 5) is 22.9. The summed E-state index contributed by atoms with van der Waals surface area (Å²) < 4.78 is 5.09. The smallest absolute Gasteiger partial charge is 0.341 e. The van der Waals surface area contributed by atoms with Crippen molar-refractivity contribution in [3.05, 3.63) is 24.3 Å². The molecule has 0 aromatic heterocycles. The molecule has 21 heavy (non-hydrogen) atoms. The molecule has 114 valence electrons. The van der Waals surface area contributed by atoms with Crippen LogP contribution in [0.1, 0.15) is 25.7 Å². The maximum atomic E-state index is 12.4. The summed E-state index contributed by atoms with van der Waals surface area (Å²) >= 11 is 0. The van der Waals surface area contributed by atoms with Gasteiger partial charge in [0.05, 0.1) is 5.41 Å². The minimum atomic E-state index is -1.04. The summed E-state index contributed by atoms with van der Waals surface area (Å²) in [7, 11) is 0. The van der Waals surface area contributed by atoms with E-state index < -0.39 is 18.0 Å². The topological polar surface area (TPSA) is 102 Å². The molecule has 6 heteroatoms. The normalized spacial score (nSPS) is 16.4. The first-order chi connectivity index (χ1) is 10.1. The van der Waals surface area contributed by atoms with Crippen LogP contribution in [-0.4, -0.2) is 30.1 Å². The van der Waals surface area contributed by atoms with E-state index in [1.165, 1.54) is 0 Å². The molecule has 0 heterocycles. The molecule has 2 rings (SSSR count). The van der Waals surface area contributed by atoms with Crippen LogP contribution in [0.4, 0.5) is 5.69 Å². The molecule has 0 radical (unpaired) electrons. The van der Waals surface area contributed by atoms with Gasteiger partial charge in [-0.05, 0) is 25.0 Å². The molecule has 1 fully saturated rings. The maximum absolute atomic E-state index is 12.4. The fraction of sp³-hybridized carbons (Fsp3) is 0.467. The summed E-state index contributed by atoms with van der Waals surface area (Å²) in [5.41, 5.74) is 5.89. The summed E-state index contributed by atoms with van der Waals surface area (Å²) in [6.07, 6.45) is 3.66. The molecule has 1 aliphatic rings. The second-order valence-corrected chi connectivity index (χ2v) is 5.36. The number of anilines is 1. The van der Waals surface area contributed by atoms with Gasteiger partial charge in [0.25, 0.3) is 0 Å². The van der Waals surface area contributed by atoms with Crippen molar-refractivity contribution in [3.8, 4) is 5.75 Å². The Morgan fingerprint density at radius 2 is 2.05 bits per heavy atom. The second kappa shape index (κ2) is 6.58. The highest BCUT2D eigenvalue weighted by Crippen LogP contribution is 2.38. The van der Waals surface area contributed by atoms with Gasteiger partial charge in [0.2, 0.25) is 5.91 Å². The minimum absolute atomic E-state index is 0.0714. The lowest BCUT2D eigenvalue weighted by Crippen LogP contribution is -2.40. The van der Waals surface area contributed by atoms with Gasteiger partial charge >= 0.3 is 5.97 Å². The monoisotopic (exact) mass is 292 g/mol. The number of carbonyl (C=O) groups excluding carboxylic acids is 1. The standard InChI is InChI=1S/C15H20N2O4/c16-10-15(6-1-2-7-15)14(20)17-11-4-3-5-12(8-11)21-9-13(18)19/h3-5,8H,1-2,6-7,9-10,16H2,(H,17,20)(H,18,19). The number of aliphatic carboxylic acids is 1.